The highest BCUT2D eigenvalue weighted by molar-refractivity contribution is 5.76. The summed E-state index contributed by atoms with van der Waals surface area (Å²) < 4.78 is 36.8. The molecular weight excluding hydrogens is 213 g/mol. The van der Waals surface area contributed by atoms with Gasteiger partial charge in [0.15, 0.2) is 0 Å². The number of nitrogens with two attached hydrogens (primary N) is 1. The van der Waals surface area contributed by atoms with Crippen molar-refractivity contribution in [2.45, 2.75) is 24.7 Å². The Labute approximate surface area is 83.9 Å². The molecule has 1 aliphatic rings. The average molecular weight is 224 g/mol. The van der Waals surface area contributed by atoms with Crippen LogP contribution >= 0.6 is 0 Å². The summed E-state index contributed by atoms with van der Waals surface area (Å²) in [5, 5.41) is 8.27. The lowest BCUT2D eigenvalue weighted by Crippen LogP contribution is -2.35. The zero-order valence-corrected chi connectivity index (χ0v) is 7.84. The van der Waals surface area contributed by atoms with Gasteiger partial charge in [0.05, 0.1) is 0 Å². The van der Waals surface area contributed by atoms with Crippen molar-refractivity contribution in [3.8, 4) is 0 Å². The van der Waals surface area contributed by atoms with Gasteiger partial charge >= 0.3 is 6.18 Å². The topological polar surface area (TPSA) is 79.8 Å². The summed E-state index contributed by atoms with van der Waals surface area (Å²) in [5.74, 6) is -0.471. The van der Waals surface area contributed by atoms with Crippen LogP contribution < -0.4 is 11.1 Å². The molecule has 0 saturated carbocycles. The van der Waals surface area contributed by atoms with Crippen molar-refractivity contribution in [3.05, 3.63) is 0 Å². The Morgan fingerprint density at radius 2 is 2.00 bits per heavy atom. The molecule has 1 aliphatic heterocycles. The Balaban J connectivity index is 2.29. The fourth-order valence-electron chi connectivity index (χ4n) is 1.00. The van der Waals surface area contributed by atoms with Crippen LogP contribution in [0.15, 0.2) is 10.2 Å². The van der Waals surface area contributed by atoms with E-state index in [2.05, 4.69) is 15.5 Å². The standard InChI is InChI=1S/C7H11F3N4O/c8-7(9,10)6(13-14-6)2-1-5(15)12-4-3-11/h1-4,11H2,(H,12,15). The Morgan fingerprint density at radius 1 is 1.40 bits per heavy atom. The summed E-state index contributed by atoms with van der Waals surface area (Å²) >= 11 is 0. The predicted octanol–water partition coefficient (Wildman–Crippen LogP) is 0.566. The largest absolute Gasteiger partial charge is 0.437 e. The van der Waals surface area contributed by atoms with Crippen LogP contribution in [-0.4, -0.2) is 30.8 Å². The highest BCUT2D eigenvalue weighted by Crippen LogP contribution is 2.47. The van der Waals surface area contributed by atoms with Crippen LogP contribution in [0, 0.1) is 0 Å². The minimum Gasteiger partial charge on any atom is -0.355 e. The van der Waals surface area contributed by atoms with Crippen LogP contribution in [0.25, 0.3) is 0 Å². The second-order valence-electron chi connectivity index (χ2n) is 3.15. The van der Waals surface area contributed by atoms with E-state index in [0.717, 1.165) is 0 Å². The van der Waals surface area contributed by atoms with Gasteiger partial charge < -0.3 is 11.1 Å². The second kappa shape index (κ2) is 4.13. The monoisotopic (exact) mass is 224 g/mol. The maximum atomic E-state index is 12.3. The van der Waals surface area contributed by atoms with Crippen LogP contribution in [0.4, 0.5) is 13.2 Å². The Morgan fingerprint density at radius 3 is 2.40 bits per heavy atom. The molecule has 0 spiro atoms. The van der Waals surface area contributed by atoms with E-state index in [1.807, 2.05) is 0 Å². The molecule has 0 bridgehead atoms. The van der Waals surface area contributed by atoms with Crippen molar-refractivity contribution in [3.63, 3.8) is 0 Å². The van der Waals surface area contributed by atoms with E-state index in [1.54, 1.807) is 0 Å². The summed E-state index contributed by atoms with van der Waals surface area (Å²) in [4.78, 5) is 11.0. The number of carbonyl (C=O) groups is 1. The number of nitrogens with zero attached hydrogens (tertiary/aromatic N) is 2. The third-order valence-corrected chi connectivity index (χ3v) is 1.96. The summed E-state index contributed by atoms with van der Waals surface area (Å²) in [6.07, 6.45) is -5.19. The number of hydrogen-bond donors (Lipinski definition) is 2. The van der Waals surface area contributed by atoms with E-state index in [0.29, 0.717) is 0 Å². The van der Waals surface area contributed by atoms with Crippen molar-refractivity contribution < 1.29 is 18.0 Å². The minimum absolute atomic E-state index is 0.255. The summed E-state index contributed by atoms with van der Waals surface area (Å²) in [7, 11) is 0. The molecule has 0 unspecified atom stereocenters. The van der Waals surface area contributed by atoms with Crippen molar-refractivity contribution in [1.82, 2.24) is 5.32 Å². The number of halogens is 3. The van der Waals surface area contributed by atoms with E-state index in [4.69, 9.17) is 5.73 Å². The van der Waals surface area contributed by atoms with E-state index in [-0.39, 0.29) is 19.5 Å². The number of alkyl halides is 3. The van der Waals surface area contributed by atoms with Crippen LogP contribution in [0.1, 0.15) is 12.8 Å². The van der Waals surface area contributed by atoms with E-state index in [1.165, 1.54) is 0 Å². The van der Waals surface area contributed by atoms with Gasteiger partial charge in [-0.2, -0.15) is 13.2 Å². The van der Waals surface area contributed by atoms with Crippen molar-refractivity contribution in [1.29, 1.82) is 0 Å². The van der Waals surface area contributed by atoms with Gasteiger partial charge in [-0.25, -0.2) is 0 Å². The van der Waals surface area contributed by atoms with Gasteiger partial charge in [0.1, 0.15) is 0 Å². The van der Waals surface area contributed by atoms with E-state index < -0.39 is 24.2 Å². The number of hydrogen-bond acceptors (Lipinski definition) is 4. The molecule has 3 N–H and O–H groups in total. The SMILES string of the molecule is NCCNC(=O)CCC1(C(F)(F)F)N=N1. The minimum atomic E-state index is -4.50. The highest BCUT2D eigenvalue weighted by atomic mass is 19.4. The smallest absolute Gasteiger partial charge is 0.355 e. The normalized spacial score (nSPS) is 17.6. The lowest BCUT2D eigenvalue weighted by atomic mass is 10.1. The molecule has 0 aliphatic carbocycles. The van der Waals surface area contributed by atoms with Gasteiger partial charge in [-0.15, -0.1) is 10.2 Å². The number of amides is 1. The van der Waals surface area contributed by atoms with E-state index in [9.17, 15) is 18.0 Å². The Bertz CT molecular complexity index is 270. The van der Waals surface area contributed by atoms with Crippen molar-refractivity contribution in [2.24, 2.45) is 16.0 Å². The van der Waals surface area contributed by atoms with Gasteiger partial charge in [0, 0.05) is 25.9 Å². The molecule has 0 aromatic carbocycles. The average Bonchev–Trinajstić information content (AvgIpc) is 2.91. The van der Waals surface area contributed by atoms with Crippen molar-refractivity contribution in [2.75, 3.05) is 13.1 Å². The maximum absolute atomic E-state index is 12.3. The van der Waals surface area contributed by atoms with Crippen LogP contribution in [0.2, 0.25) is 0 Å². The third kappa shape index (κ3) is 2.88. The molecule has 1 rings (SSSR count). The molecule has 86 valence electrons. The molecular formula is C7H11F3N4O. The molecule has 0 aromatic rings. The van der Waals surface area contributed by atoms with Crippen molar-refractivity contribution >= 4 is 5.91 Å². The fourth-order valence-corrected chi connectivity index (χ4v) is 1.00. The molecule has 15 heavy (non-hydrogen) atoms. The van der Waals surface area contributed by atoms with Gasteiger partial charge in [-0.1, -0.05) is 0 Å². The summed E-state index contributed by atoms with van der Waals surface area (Å²) in [6.45, 7) is 0.511. The van der Waals surface area contributed by atoms with Gasteiger partial charge in [-0.3, -0.25) is 4.79 Å². The molecule has 0 atom stereocenters. The third-order valence-electron chi connectivity index (χ3n) is 1.96. The molecule has 1 heterocycles. The van der Waals surface area contributed by atoms with Crippen LogP contribution in [0.3, 0.4) is 0 Å². The van der Waals surface area contributed by atoms with E-state index >= 15 is 0 Å². The number of rotatable bonds is 5. The molecule has 5 nitrogen and oxygen atoms in total. The van der Waals surface area contributed by atoms with Crippen LogP contribution in [-0.2, 0) is 4.79 Å². The first-order chi connectivity index (χ1) is 6.91. The number of carbonyl (C=O) groups excluding carboxylic acids is 1. The van der Waals surface area contributed by atoms with Gasteiger partial charge in [0.25, 0.3) is 5.66 Å². The zero-order valence-electron chi connectivity index (χ0n) is 7.84. The molecule has 0 fully saturated rings. The molecule has 0 radical (unpaired) electrons. The summed E-state index contributed by atoms with van der Waals surface area (Å²) in [6, 6.07) is 0. The lowest BCUT2D eigenvalue weighted by molar-refractivity contribution is -0.165. The fraction of sp³-hybridized carbons (Fsp3) is 0.857. The lowest BCUT2D eigenvalue weighted by Gasteiger charge is -2.13. The first kappa shape index (κ1) is 11.9. The molecule has 0 aromatic heterocycles. The predicted molar refractivity (Wildman–Crippen MR) is 44.9 cm³/mol. The first-order valence-corrected chi connectivity index (χ1v) is 4.39. The Kier molecular flexibility index (Phi) is 3.28. The zero-order chi connectivity index (χ0) is 11.5. The molecule has 1 amide bonds. The van der Waals surface area contributed by atoms with Crippen LogP contribution in [0.5, 0.6) is 0 Å². The molecule has 0 saturated heterocycles. The second-order valence-corrected chi connectivity index (χ2v) is 3.15. The summed E-state index contributed by atoms with van der Waals surface area (Å²) in [5.41, 5.74) is 2.78. The maximum Gasteiger partial charge on any atom is 0.437 e. The number of nitrogens with one attached hydrogen (secondary N) is 1. The first-order valence-electron chi connectivity index (χ1n) is 4.39. The molecule has 8 heteroatoms. The van der Waals surface area contributed by atoms with Gasteiger partial charge in [-0.05, 0) is 0 Å². The quantitative estimate of drug-likeness (QED) is 0.715. The van der Waals surface area contributed by atoms with Gasteiger partial charge in [0.2, 0.25) is 5.91 Å². The Hall–Kier alpha value is -1.18. The highest BCUT2D eigenvalue weighted by Gasteiger charge is 2.63.